The van der Waals surface area contributed by atoms with E-state index in [1.807, 2.05) is 0 Å². The van der Waals surface area contributed by atoms with Crippen molar-refractivity contribution < 1.29 is 80.2 Å². The van der Waals surface area contributed by atoms with Crippen LogP contribution in [0, 0.1) is 5.92 Å². The number of unbranched alkanes of at least 4 members (excludes halogenated alkanes) is 43. The van der Waals surface area contributed by atoms with Gasteiger partial charge in [0.15, 0.2) is 12.2 Å². The van der Waals surface area contributed by atoms with Crippen LogP contribution in [0.15, 0.2) is 24.3 Å². The summed E-state index contributed by atoms with van der Waals surface area (Å²) in [6, 6.07) is 0. The van der Waals surface area contributed by atoms with Gasteiger partial charge in [-0.3, -0.25) is 37.3 Å². The van der Waals surface area contributed by atoms with Crippen LogP contribution in [0.1, 0.15) is 375 Å². The summed E-state index contributed by atoms with van der Waals surface area (Å²) in [5, 5.41) is 10.6. The summed E-state index contributed by atoms with van der Waals surface area (Å²) in [7, 11) is -9.91. The fourth-order valence-electron chi connectivity index (χ4n) is 11.2. The number of allylic oxidation sites excluding steroid dienone is 4. The molecule has 17 nitrogen and oxygen atoms in total. The van der Waals surface area contributed by atoms with Gasteiger partial charge in [0.2, 0.25) is 0 Å². The zero-order valence-electron chi connectivity index (χ0n) is 61.3. The second kappa shape index (κ2) is 68.7. The Labute approximate surface area is 580 Å². The summed E-state index contributed by atoms with van der Waals surface area (Å²) in [5.41, 5.74) is 0. The Balaban J connectivity index is 5.14. The SMILES string of the molecule is CCCCCC/C=C\C=C/CCCCCCCC(=O)OC[C@H](COP(=O)(O)OC[C@@H](O)COP(=O)(O)OC[C@@H](COC(=O)CCCCCCC)OC(=O)CCCCCCCCCCCCC(C)C)OC(=O)CCCCCCCCCCCCCCCCCCCCCCCC. The van der Waals surface area contributed by atoms with Crippen molar-refractivity contribution in [2.24, 2.45) is 5.92 Å². The number of carbonyl (C=O) groups excluding carboxylic acids is 4. The molecule has 3 N–H and O–H groups in total. The highest BCUT2D eigenvalue weighted by Crippen LogP contribution is 2.45. The highest BCUT2D eigenvalue weighted by atomic mass is 31.2. The average molecular weight is 1390 g/mol. The maximum Gasteiger partial charge on any atom is 0.472 e. The Bertz CT molecular complexity index is 1920. The number of hydrogen-bond donors (Lipinski definition) is 3. The highest BCUT2D eigenvalue weighted by molar-refractivity contribution is 7.47. The molecule has 0 aromatic rings. The lowest BCUT2D eigenvalue weighted by atomic mass is 10.0. The first-order chi connectivity index (χ1) is 46.0. The molecule has 0 aromatic carbocycles. The second-order valence-electron chi connectivity index (χ2n) is 27.2. The maximum absolute atomic E-state index is 13.1. The summed E-state index contributed by atoms with van der Waals surface area (Å²) in [4.78, 5) is 72.5. The van der Waals surface area contributed by atoms with E-state index in [1.54, 1.807) is 0 Å². The van der Waals surface area contributed by atoms with Crippen molar-refractivity contribution in [1.82, 2.24) is 0 Å². The molecule has 0 amide bonds. The minimum absolute atomic E-state index is 0.102. The summed E-state index contributed by atoms with van der Waals surface area (Å²) in [6.07, 6.45) is 61.1. The molecule has 0 heterocycles. The van der Waals surface area contributed by atoms with Gasteiger partial charge in [-0.1, -0.05) is 322 Å². The topological polar surface area (TPSA) is 237 Å². The zero-order valence-corrected chi connectivity index (χ0v) is 63.1. The Hall–Kier alpha value is -2.46. The number of aliphatic hydroxyl groups is 1. The fourth-order valence-corrected chi connectivity index (χ4v) is 12.7. The molecular weight excluding hydrogens is 1250 g/mol. The molecule has 0 saturated heterocycles. The zero-order chi connectivity index (χ0) is 69.8. The van der Waals surface area contributed by atoms with Gasteiger partial charge < -0.3 is 33.8 Å². The van der Waals surface area contributed by atoms with Crippen molar-refractivity contribution >= 4 is 39.5 Å². The quantitative estimate of drug-likeness (QED) is 0.0169. The van der Waals surface area contributed by atoms with E-state index in [9.17, 15) is 43.2 Å². The molecule has 0 bridgehead atoms. The molecule has 0 aromatic heterocycles. The second-order valence-corrected chi connectivity index (χ2v) is 30.1. The average Bonchev–Trinajstić information content (AvgIpc) is 2.51. The molecule has 0 radical (unpaired) electrons. The van der Waals surface area contributed by atoms with Crippen molar-refractivity contribution in [1.29, 1.82) is 0 Å². The smallest absolute Gasteiger partial charge is 0.462 e. The third kappa shape index (κ3) is 69.8. The first kappa shape index (κ1) is 92.5. The van der Waals surface area contributed by atoms with E-state index in [0.717, 1.165) is 121 Å². The van der Waals surface area contributed by atoms with Crippen LogP contribution in [-0.2, 0) is 65.4 Å². The number of rotatable bonds is 74. The van der Waals surface area contributed by atoms with Crippen LogP contribution in [-0.4, -0.2) is 96.7 Å². The van der Waals surface area contributed by atoms with Crippen molar-refractivity contribution in [3.8, 4) is 0 Å². The van der Waals surface area contributed by atoms with Gasteiger partial charge in [-0.15, -0.1) is 0 Å². The molecule has 0 fully saturated rings. The summed E-state index contributed by atoms with van der Waals surface area (Å²) < 4.78 is 68.2. The molecule has 0 spiro atoms. The number of phosphoric ester groups is 2. The maximum atomic E-state index is 13.1. The number of esters is 4. The Morgan fingerprint density at radius 2 is 0.568 bits per heavy atom. The van der Waals surface area contributed by atoms with Gasteiger partial charge in [0.05, 0.1) is 26.4 Å². The number of phosphoric acid groups is 2. The minimum atomic E-state index is -4.96. The van der Waals surface area contributed by atoms with Gasteiger partial charge >= 0.3 is 39.5 Å². The van der Waals surface area contributed by atoms with Crippen LogP contribution in [0.25, 0.3) is 0 Å². The third-order valence-corrected chi connectivity index (χ3v) is 19.1. The van der Waals surface area contributed by atoms with Crippen molar-refractivity contribution in [2.75, 3.05) is 39.6 Å². The van der Waals surface area contributed by atoms with Crippen LogP contribution in [0.4, 0.5) is 0 Å². The van der Waals surface area contributed by atoms with Gasteiger partial charge in [-0.05, 0) is 57.3 Å². The predicted molar refractivity (Wildman–Crippen MR) is 386 cm³/mol. The van der Waals surface area contributed by atoms with E-state index in [1.165, 1.54) is 173 Å². The fraction of sp³-hybridized carbons (Fsp3) is 0.895. The van der Waals surface area contributed by atoms with Gasteiger partial charge in [0.1, 0.15) is 19.3 Å². The van der Waals surface area contributed by atoms with Crippen LogP contribution < -0.4 is 0 Å². The molecule has 2 unspecified atom stereocenters. The minimum Gasteiger partial charge on any atom is -0.462 e. The number of hydrogen-bond acceptors (Lipinski definition) is 15. The Morgan fingerprint density at radius 1 is 0.326 bits per heavy atom. The third-order valence-electron chi connectivity index (χ3n) is 17.2. The summed E-state index contributed by atoms with van der Waals surface area (Å²) in [6.45, 7) is 7.11. The first-order valence-electron chi connectivity index (χ1n) is 39.0. The molecule has 5 atom stereocenters. The van der Waals surface area contributed by atoms with Crippen molar-refractivity contribution in [2.45, 2.75) is 393 Å². The van der Waals surface area contributed by atoms with Crippen LogP contribution in [0.3, 0.4) is 0 Å². The number of aliphatic hydroxyl groups excluding tert-OH is 1. The molecule has 0 aliphatic heterocycles. The first-order valence-corrected chi connectivity index (χ1v) is 41.9. The lowest BCUT2D eigenvalue weighted by Gasteiger charge is -2.21. The van der Waals surface area contributed by atoms with Gasteiger partial charge in [-0.25, -0.2) is 9.13 Å². The highest BCUT2D eigenvalue weighted by Gasteiger charge is 2.30. The Kier molecular flexibility index (Phi) is 66.9. The van der Waals surface area contributed by atoms with Gasteiger partial charge in [0, 0.05) is 25.7 Å². The van der Waals surface area contributed by atoms with Crippen LogP contribution in [0.2, 0.25) is 0 Å². The lowest BCUT2D eigenvalue weighted by molar-refractivity contribution is -0.161. The van der Waals surface area contributed by atoms with Crippen LogP contribution in [0.5, 0.6) is 0 Å². The number of carbonyl (C=O) groups is 4. The standard InChI is InChI=1S/C76H144O17P2/c1-6-9-12-15-17-19-21-23-25-26-27-28-29-30-31-33-35-37-42-46-51-56-61-76(81)93-72(66-87-74(79)60-55-50-45-41-36-34-32-24-22-20-18-16-13-10-7-2)68-91-95(84,85)89-64-70(77)63-88-94(82,83)90-67-71(65-86-73(78)59-54-48-14-11-8-3)92-75(80)62-57-52-47-43-39-38-40-44-49-53-58-69(4)5/h20,22,24,32,69-72,77H,6-19,21,23,25-31,33-68H2,1-5H3,(H,82,83)(H,84,85)/b22-20-,32-24-/t70-,71+,72+/m0/s1. The van der Waals surface area contributed by atoms with Gasteiger partial charge in [-0.2, -0.15) is 0 Å². The van der Waals surface area contributed by atoms with Crippen molar-refractivity contribution in [3.63, 3.8) is 0 Å². The van der Waals surface area contributed by atoms with E-state index in [0.29, 0.717) is 25.7 Å². The number of ether oxygens (including phenoxy) is 4. The molecule has 0 aliphatic carbocycles. The summed E-state index contributed by atoms with van der Waals surface area (Å²) in [5.74, 6) is -1.41. The normalized spacial score (nSPS) is 14.1. The predicted octanol–water partition coefficient (Wildman–Crippen LogP) is 22.0. The molecule has 95 heavy (non-hydrogen) atoms. The molecular formula is C76H144O17P2. The van der Waals surface area contributed by atoms with E-state index in [-0.39, 0.29) is 25.7 Å². The Morgan fingerprint density at radius 3 is 0.863 bits per heavy atom. The summed E-state index contributed by atoms with van der Waals surface area (Å²) >= 11 is 0. The van der Waals surface area contributed by atoms with E-state index in [2.05, 4.69) is 58.9 Å². The largest absolute Gasteiger partial charge is 0.472 e. The monoisotopic (exact) mass is 1390 g/mol. The van der Waals surface area contributed by atoms with E-state index >= 15 is 0 Å². The molecule has 0 rings (SSSR count). The van der Waals surface area contributed by atoms with Crippen molar-refractivity contribution in [3.05, 3.63) is 24.3 Å². The lowest BCUT2D eigenvalue weighted by Crippen LogP contribution is -2.30. The molecule has 0 aliphatic rings. The van der Waals surface area contributed by atoms with Gasteiger partial charge in [0.25, 0.3) is 0 Å². The van der Waals surface area contributed by atoms with E-state index < -0.39 is 97.5 Å². The van der Waals surface area contributed by atoms with Crippen LogP contribution >= 0.6 is 15.6 Å². The molecule has 560 valence electrons. The molecule has 19 heteroatoms. The van der Waals surface area contributed by atoms with E-state index in [4.69, 9.17) is 37.0 Å². The molecule has 0 saturated carbocycles.